The number of aromatic nitrogens is 2. The van der Waals surface area contributed by atoms with Gasteiger partial charge in [-0.1, -0.05) is 0 Å². The minimum atomic E-state index is 0.0869. The van der Waals surface area contributed by atoms with Crippen molar-refractivity contribution in [2.24, 2.45) is 13.0 Å². The van der Waals surface area contributed by atoms with Crippen LogP contribution in [0.25, 0.3) is 10.9 Å². The topological polar surface area (TPSA) is 46.9 Å². The van der Waals surface area contributed by atoms with Crippen LogP contribution in [0.4, 0.5) is 5.82 Å². The van der Waals surface area contributed by atoms with E-state index >= 15 is 0 Å². The monoisotopic (exact) mass is 293 g/mol. The van der Waals surface area contributed by atoms with Gasteiger partial charge in [-0.25, -0.2) is 4.98 Å². The molecule has 4 nitrogen and oxygen atoms in total. The van der Waals surface area contributed by atoms with Crippen molar-refractivity contribution in [2.75, 3.05) is 5.32 Å². The first-order valence-corrected chi connectivity index (χ1v) is 6.36. The maximum absolute atomic E-state index is 11.6. The zero-order valence-electron chi connectivity index (χ0n) is 9.40. The average Bonchev–Trinajstić information content (AvgIpc) is 3.08. The predicted octanol–water partition coefficient (Wildman–Crippen LogP) is 2.68. The highest BCUT2D eigenvalue weighted by Crippen LogP contribution is 2.31. The molecule has 5 heteroatoms. The minimum Gasteiger partial charge on any atom is -0.348 e. The van der Waals surface area contributed by atoms with Crippen LogP contribution in [0.2, 0.25) is 0 Å². The standard InChI is InChI=1S/C12H12BrN3O/c1-16-6-9(13)8-4-11(14-5-10(8)16)15-12(17)7-2-3-7/h4-7H,2-3H2,1H3,(H,14,15,17). The first-order valence-electron chi connectivity index (χ1n) is 5.56. The largest absolute Gasteiger partial charge is 0.348 e. The summed E-state index contributed by atoms with van der Waals surface area (Å²) in [6.45, 7) is 0. The van der Waals surface area contributed by atoms with E-state index in [9.17, 15) is 4.79 Å². The molecule has 2 heterocycles. The summed E-state index contributed by atoms with van der Waals surface area (Å²) in [6, 6.07) is 1.90. The van der Waals surface area contributed by atoms with Crippen LogP contribution in [0.5, 0.6) is 0 Å². The Morgan fingerprint density at radius 1 is 1.59 bits per heavy atom. The maximum Gasteiger partial charge on any atom is 0.228 e. The smallest absolute Gasteiger partial charge is 0.228 e. The molecule has 1 N–H and O–H groups in total. The van der Waals surface area contributed by atoms with Gasteiger partial charge in [0.25, 0.3) is 0 Å². The molecule has 0 spiro atoms. The number of anilines is 1. The highest BCUT2D eigenvalue weighted by molar-refractivity contribution is 9.10. The van der Waals surface area contributed by atoms with Crippen molar-refractivity contribution in [3.63, 3.8) is 0 Å². The summed E-state index contributed by atoms with van der Waals surface area (Å²) in [4.78, 5) is 15.9. The third-order valence-electron chi connectivity index (χ3n) is 3.03. The lowest BCUT2D eigenvalue weighted by atomic mass is 10.3. The number of rotatable bonds is 2. The quantitative estimate of drug-likeness (QED) is 0.925. The SMILES string of the molecule is Cn1cc(Br)c2cc(NC(=O)C3CC3)ncc21. The van der Waals surface area contributed by atoms with E-state index in [2.05, 4.69) is 26.2 Å². The van der Waals surface area contributed by atoms with E-state index < -0.39 is 0 Å². The molecule has 1 aliphatic rings. The van der Waals surface area contributed by atoms with E-state index in [-0.39, 0.29) is 11.8 Å². The molecule has 0 aliphatic heterocycles. The summed E-state index contributed by atoms with van der Waals surface area (Å²) in [7, 11) is 1.97. The van der Waals surface area contributed by atoms with E-state index in [0.29, 0.717) is 5.82 Å². The van der Waals surface area contributed by atoms with Crippen LogP contribution in [0, 0.1) is 5.92 Å². The van der Waals surface area contributed by atoms with Gasteiger partial charge in [-0.2, -0.15) is 0 Å². The Kier molecular flexibility index (Phi) is 2.43. The molecule has 2 aromatic heterocycles. The number of halogens is 1. The van der Waals surface area contributed by atoms with Crippen molar-refractivity contribution in [2.45, 2.75) is 12.8 Å². The highest BCUT2D eigenvalue weighted by Gasteiger charge is 2.29. The molecular weight excluding hydrogens is 282 g/mol. The van der Waals surface area contributed by atoms with Crippen molar-refractivity contribution in [3.05, 3.63) is 22.9 Å². The number of carbonyl (C=O) groups excluding carboxylic acids is 1. The lowest BCUT2D eigenvalue weighted by molar-refractivity contribution is -0.117. The van der Waals surface area contributed by atoms with Gasteiger partial charge in [0.2, 0.25) is 5.91 Å². The van der Waals surface area contributed by atoms with Crippen LogP contribution in [0.3, 0.4) is 0 Å². The normalized spacial score (nSPS) is 15.2. The first kappa shape index (κ1) is 10.8. The Morgan fingerprint density at radius 3 is 3.06 bits per heavy atom. The molecule has 17 heavy (non-hydrogen) atoms. The van der Waals surface area contributed by atoms with E-state index in [1.807, 2.05) is 23.9 Å². The number of hydrogen-bond acceptors (Lipinski definition) is 2. The molecule has 0 bridgehead atoms. The number of carbonyl (C=O) groups is 1. The second kappa shape index (κ2) is 3.84. The molecular formula is C12H12BrN3O. The van der Waals surface area contributed by atoms with Crippen LogP contribution in [-0.2, 0) is 11.8 Å². The fraction of sp³-hybridized carbons (Fsp3) is 0.333. The summed E-state index contributed by atoms with van der Waals surface area (Å²) in [5.41, 5.74) is 1.04. The van der Waals surface area contributed by atoms with Crippen molar-refractivity contribution >= 4 is 38.6 Å². The second-order valence-corrected chi connectivity index (χ2v) is 5.29. The molecule has 0 atom stereocenters. The van der Waals surface area contributed by atoms with Crippen LogP contribution < -0.4 is 5.32 Å². The van der Waals surface area contributed by atoms with Gasteiger partial charge in [0, 0.05) is 29.0 Å². The van der Waals surface area contributed by atoms with Gasteiger partial charge in [0.05, 0.1) is 11.7 Å². The van der Waals surface area contributed by atoms with E-state index in [1.54, 1.807) is 6.20 Å². The Morgan fingerprint density at radius 2 is 2.35 bits per heavy atom. The summed E-state index contributed by atoms with van der Waals surface area (Å²) >= 11 is 3.50. The molecule has 0 saturated heterocycles. The highest BCUT2D eigenvalue weighted by atomic mass is 79.9. The van der Waals surface area contributed by atoms with E-state index in [4.69, 9.17) is 0 Å². The maximum atomic E-state index is 11.6. The number of fused-ring (bicyclic) bond motifs is 1. The summed E-state index contributed by atoms with van der Waals surface area (Å²) in [5.74, 6) is 0.914. The van der Waals surface area contributed by atoms with Crippen molar-refractivity contribution in [1.82, 2.24) is 9.55 Å². The Hall–Kier alpha value is -1.36. The van der Waals surface area contributed by atoms with Gasteiger partial charge in [0.1, 0.15) is 5.82 Å². The van der Waals surface area contributed by atoms with Crippen molar-refractivity contribution in [3.8, 4) is 0 Å². The fourth-order valence-electron chi connectivity index (χ4n) is 1.87. The van der Waals surface area contributed by atoms with Gasteiger partial charge in [-0.15, -0.1) is 0 Å². The molecule has 1 amide bonds. The average molecular weight is 294 g/mol. The van der Waals surface area contributed by atoms with Crippen LogP contribution in [0.1, 0.15) is 12.8 Å². The van der Waals surface area contributed by atoms with Crippen LogP contribution >= 0.6 is 15.9 Å². The number of nitrogens with one attached hydrogen (secondary N) is 1. The van der Waals surface area contributed by atoms with E-state index in [0.717, 1.165) is 28.2 Å². The van der Waals surface area contributed by atoms with Gasteiger partial charge in [0.15, 0.2) is 0 Å². The van der Waals surface area contributed by atoms with Crippen LogP contribution in [0.15, 0.2) is 22.9 Å². The Labute approximate surface area is 107 Å². The molecule has 1 aliphatic carbocycles. The van der Waals surface area contributed by atoms with E-state index in [1.165, 1.54) is 0 Å². The van der Waals surface area contributed by atoms with Gasteiger partial charge < -0.3 is 9.88 Å². The lowest BCUT2D eigenvalue weighted by Gasteiger charge is -2.03. The van der Waals surface area contributed by atoms with Gasteiger partial charge >= 0.3 is 0 Å². The second-order valence-electron chi connectivity index (χ2n) is 4.44. The number of pyridine rings is 1. The molecule has 88 valence electrons. The van der Waals surface area contributed by atoms with Gasteiger partial charge in [-0.3, -0.25) is 4.79 Å². The summed E-state index contributed by atoms with van der Waals surface area (Å²) in [6.07, 6.45) is 5.77. The number of aryl methyl sites for hydroxylation is 1. The zero-order chi connectivity index (χ0) is 12.0. The summed E-state index contributed by atoms with van der Waals surface area (Å²) in [5, 5.41) is 3.92. The first-order chi connectivity index (χ1) is 8.15. The molecule has 3 rings (SSSR count). The molecule has 0 aromatic carbocycles. The minimum absolute atomic E-state index is 0.0869. The Bertz CT molecular complexity index is 601. The third kappa shape index (κ3) is 1.95. The predicted molar refractivity (Wildman–Crippen MR) is 69.8 cm³/mol. The fourth-order valence-corrected chi connectivity index (χ4v) is 2.50. The number of amides is 1. The summed E-state index contributed by atoms with van der Waals surface area (Å²) < 4.78 is 3.01. The van der Waals surface area contributed by atoms with Crippen molar-refractivity contribution < 1.29 is 4.79 Å². The molecule has 1 saturated carbocycles. The number of hydrogen-bond donors (Lipinski definition) is 1. The van der Waals surface area contributed by atoms with Crippen LogP contribution in [-0.4, -0.2) is 15.5 Å². The van der Waals surface area contributed by atoms with Gasteiger partial charge in [-0.05, 0) is 34.8 Å². The third-order valence-corrected chi connectivity index (χ3v) is 3.66. The lowest BCUT2D eigenvalue weighted by Crippen LogP contribution is -2.14. The molecule has 2 aromatic rings. The molecule has 0 unspecified atom stereocenters. The van der Waals surface area contributed by atoms with Crippen molar-refractivity contribution in [1.29, 1.82) is 0 Å². The zero-order valence-corrected chi connectivity index (χ0v) is 11.0. The number of nitrogens with zero attached hydrogens (tertiary/aromatic N) is 2. The molecule has 1 fully saturated rings. The Balaban J connectivity index is 1.95. The molecule has 0 radical (unpaired) electrons.